The number of aryl methyl sites for hydroxylation is 1. The molecule has 3 heteroatoms. The lowest BCUT2D eigenvalue weighted by Crippen LogP contribution is -1.93. The summed E-state index contributed by atoms with van der Waals surface area (Å²) < 4.78 is 5.38. The van der Waals surface area contributed by atoms with E-state index in [9.17, 15) is 0 Å². The van der Waals surface area contributed by atoms with Crippen LogP contribution in [0.15, 0.2) is 36.4 Å². The maximum Gasteiger partial charge on any atom is 0.140 e. The van der Waals surface area contributed by atoms with Crippen LogP contribution in [0.1, 0.15) is 16.7 Å². The molecule has 0 aliphatic rings. The summed E-state index contributed by atoms with van der Waals surface area (Å²) in [4.78, 5) is 0. The highest BCUT2D eigenvalue weighted by Crippen LogP contribution is 2.30. The fourth-order valence-electron chi connectivity index (χ4n) is 2.34. The van der Waals surface area contributed by atoms with Crippen LogP contribution in [-0.2, 0) is 10.7 Å². The van der Waals surface area contributed by atoms with E-state index in [1.165, 1.54) is 22.3 Å². The maximum absolute atomic E-state index is 5.38. The van der Waals surface area contributed by atoms with Gasteiger partial charge in [0.25, 0.3) is 0 Å². The standard InChI is InChI=1S/C25H14Br2O/c1-3-4-5-6-7-8-9-10-15-28-24-13-11-21(12-14-24)25-17-22(18-26)20(2)16-23(25)19-27/h1,11-14,16-17H,18-19H2,2H3. The fourth-order valence-corrected chi connectivity index (χ4v) is 3.41. The van der Waals surface area contributed by atoms with E-state index in [1.807, 2.05) is 24.3 Å². The van der Waals surface area contributed by atoms with Crippen molar-refractivity contribution in [3.05, 3.63) is 53.1 Å². The molecule has 0 heterocycles. The van der Waals surface area contributed by atoms with Crippen molar-refractivity contribution in [3.63, 3.8) is 0 Å². The largest absolute Gasteiger partial charge is 0.407 e. The van der Waals surface area contributed by atoms with Gasteiger partial charge in [0.2, 0.25) is 0 Å². The van der Waals surface area contributed by atoms with Gasteiger partial charge in [-0.15, -0.1) is 6.42 Å². The van der Waals surface area contributed by atoms with Gasteiger partial charge in [0, 0.05) is 34.3 Å². The van der Waals surface area contributed by atoms with E-state index in [1.54, 1.807) is 0 Å². The van der Waals surface area contributed by atoms with Gasteiger partial charge in [-0.25, -0.2) is 0 Å². The Morgan fingerprint density at radius 3 is 2.04 bits per heavy atom. The van der Waals surface area contributed by atoms with Gasteiger partial charge in [0.05, 0.1) is 0 Å². The topological polar surface area (TPSA) is 9.23 Å². The molecule has 2 rings (SSSR count). The van der Waals surface area contributed by atoms with Crippen molar-refractivity contribution in [1.29, 1.82) is 0 Å². The van der Waals surface area contributed by atoms with Crippen LogP contribution < -0.4 is 4.74 Å². The minimum Gasteiger partial charge on any atom is -0.407 e. The fraction of sp³-hybridized carbons (Fsp3) is 0.120. The Bertz CT molecular complexity index is 1140. The van der Waals surface area contributed by atoms with E-state index in [-0.39, 0.29) is 0 Å². The van der Waals surface area contributed by atoms with Gasteiger partial charge in [-0.1, -0.05) is 50.1 Å². The smallest absolute Gasteiger partial charge is 0.140 e. The van der Waals surface area contributed by atoms with Gasteiger partial charge in [0.1, 0.15) is 11.9 Å². The number of rotatable bonds is 4. The van der Waals surface area contributed by atoms with Crippen LogP contribution in [0.2, 0.25) is 0 Å². The molecule has 1 nitrogen and oxygen atoms in total. The van der Waals surface area contributed by atoms with Crippen LogP contribution in [0.25, 0.3) is 11.1 Å². The summed E-state index contributed by atoms with van der Waals surface area (Å²) in [6, 6.07) is 12.3. The first kappa shape index (κ1) is 21.3. The van der Waals surface area contributed by atoms with Crippen molar-refractivity contribution in [2.24, 2.45) is 0 Å². The number of halogens is 2. The second-order valence-corrected chi connectivity index (χ2v) is 6.57. The van der Waals surface area contributed by atoms with E-state index in [4.69, 9.17) is 11.2 Å². The Morgan fingerprint density at radius 2 is 1.43 bits per heavy atom. The van der Waals surface area contributed by atoms with Gasteiger partial charge in [0.15, 0.2) is 0 Å². The number of hydrogen-bond acceptors (Lipinski definition) is 1. The minimum absolute atomic E-state index is 0.650. The number of hydrogen-bond donors (Lipinski definition) is 0. The first-order valence-electron chi connectivity index (χ1n) is 8.16. The maximum atomic E-state index is 5.38. The monoisotopic (exact) mass is 488 g/mol. The molecule has 2 aromatic rings. The summed E-state index contributed by atoms with van der Waals surface area (Å²) in [5.41, 5.74) is 6.13. The zero-order chi connectivity index (χ0) is 20.2. The lowest BCUT2D eigenvalue weighted by Gasteiger charge is -2.12. The molecule has 0 unspecified atom stereocenters. The molecule has 0 atom stereocenters. The van der Waals surface area contributed by atoms with E-state index >= 15 is 0 Å². The molecule has 0 radical (unpaired) electrons. The zero-order valence-electron chi connectivity index (χ0n) is 15.1. The molecule has 0 N–H and O–H groups in total. The van der Waals surface area contributed by atoms with Crippen LogP contribution in [0, 0.1) is 66.8 Å². The van der Waals surface area contributed by atoms with Crippen LogP contribution in [0.4, 0.5) is 0 Å². The van der Waals surface area contributed by atoms with Gasteiger partial charge < -0.3 is 4.74 Å². The Balaban J connectivity index is 2.11. The van der Waals surface area contributed by atoms with Crippen molar-refractivity contribution >= 4 is 31.9 Å². The summed E-state index contributed by atoms with van der Waals surface area (Å²) >= 11 is 7.13. The minimum atomic E-state index is 0.650. The number of benzene rings is 2. The molecule has 0 fully saturated rings. The molecule has 0 saturated carbocycles. The highest BCUT2D eigenvalue weighted by atomic mass is 79.9. The lowest BCUT2D eigenvalue weighted by molar-refractivity contribution is 0.520. The SMILES string of the molecule is C#CC#CC#CC#CC#COc1ccc(-c2cc(CBr)c(C)cc2CBr)cc1. The molecular weight excluding hydrogens is 476 g/mol. The van der Waals surface area contributed by atoms with Crippen molar-refractivity contribution in [2.45, 2.75) is 17.6 Å². The van der Waals surface area contributed by atoms with Gasteiger partial charge >= 0.3 is 0 Å². The van der Waals surface area contributed by atoms with Gasteiger partial charge in [-0.2, -0.15) is 0 Å². The molecule has 28 heavy (non-hydrogen) atoms. The predicted octanol–water partition coefficient (Wildman–Crippen LogP) is 5.43. The third-order valence-corrected chi connectivity index (χ3v) is 4.89. The second-order valence-electron chi connectivity index (χ2n) is 5.45. The highest BCUT2D eigenvalue weighted by molar-refractivity contribution is 9.08. The highest BCUT2D eigenvalue weighted by Gasteiger charge is 2.08. The second kappa shape index (κ2) is 11.7. The van der Waals surface area contributed by atoms with Crippen molar-refractivity contribution in [3.8, 4) is 76.8 Å². The molecular formula is C25H14Br2O. The molecule has 0 bridgehead atoms. The van der Waals surface area contributed by atoms with Crippen molar-refractivity contribution in [2.75, 3.05) is 0 Å². The summed E-state index contributed by atoms with van der Waals surface area (Å²) in [5, 5.41) is 1.62. The Hall–Kier alpha value is -3.00. The normalized spacial score (nSPS) is 8.36. The molecule has 0 saturated heterocycles. The summed E-state index contributed by atoms with van der Waals surface area (Å²) in [7, 11) is 0. The van der Waals surface area contributed by atoms with E-state index < -0.39 is 0 Å². The molecule has 0 spiro atoms. The molecule has 2 aromatic carbocycles. The quantitative estimate of drug-likeness (QED) is 0.410. The van der Waals surface area contributed by atoms with Crippen LogP contribution in [0.5, 0.6) is 5.75 Å². The molecule has 0 aliphatic carbocycles. The molecule has 0 aliphatic heterocycles. The first-order chi connectivity index (χ1) is 13.7. The van der Waals surface area contributed by atoms with Gasteiger partial charge in [-0.3, -0.25) is 0 Å². The van der Waals surface area contributed by atoms with Gasteiger partial charge in [-0.05, 0) is 76.6 Å². The van der Waals surface area contributed by atoms with Crippen LogP contribution >= 0.6 is 31.9 Å². The first-order valence-corrected chi connectivity index (χ1v) is 10.4. The van der Waals surface area contributed by atoms with Crippen molar-refractivity contribution < 1.29 is 4.74 Å². The number of terminal acetylenes is 1. The molecule has 134 valence electrons. The average molecular weight is 490 g/mol. The number of ether oxygens (including phenoxy) is 1. The lowest BCUT2D eigenvalue weighted by atomic mass is 9.95. The Kier molecular flexibility index (Phi) is 8.87. The van der Waals surface area contributed by atoms with Crippen molar-refractivity contribution in [1.82, 2.24) is 0 Å². The Morgan fingerprint density at radius 1 is 0.821 bits per heavy atom. The molecule has 0 aromatic heterocycles. The van der Waals surface area contributed by atoms with E-state index in [2.05, 4.69) is 104 Å². The average Bonchev–Trinajstić information content (AvgIpc) is 2.73. The van der Waals surface area contributed by atoms with Crippen LogP contribution in [0.3, 0.4) is 0 Å². The summed E-state index contributed by atoms with van der Waals surface area (Å²) in [5.74, 6) is 20.3. The van der Waals surface area contributed by atoms with E-state index in [0.717, 1.165) is 16.2 Å². The molecule has 0 amide bonds. The predicted molar refractivity (Wildman–Crippen MR) is 122 cm³/mol. The third-order valence-electron chi connectivity index (χ3n) is 3.68. The Labute approximate surface area is 183 Å². The number of alkyl halides is 2. The summed E-state index contributed by atoms with van der Waals surface area (Å²) in [6.07, 6.45) is 7.51. The third kappa shape index (κ3) is 6.31. The zero-order valence-corrected chi connectivity index (χ0v) is 18.3. The summed E-state index contributed by atoms with van der Waals surface area (Å²) in [6.45, 7) is 2.13. The van der Waals surface area contributed by atoms with Crippen LogP contribution in [-0.4, -0.2) is 0 Å². The van der Waals surface area contributed by atoms with E-state index in [0.29, 0.717) is 5.75 Å².